The molecular formula is C15H23N5S. The van der Waals surface area contributed by atoms with Gasteiger partial charge in [0.15, 0.2) is 5.82 Å². The van der Waals surface area contributed by atoms with Crippen molar-refractivity contribution in [2.24, 2.45) is 11.1 Å². The number of aryl methyl sites for hydroxylation is 1. The Morgan fingerprint density at radius 2 is 2.19 bits per heavy atom. The average Bonchev–Trinajstić information content (AvgIpc) is 3.16. The van der Waals surface area contributed by atoms with Crippen LogP contribution in [0.2, 0.25) is 0 Å². The molecule has 114 valence electrons. The van der Waals surface area contributed by atoms with Gasteiger partial charge in [0, 0.05) is 13.1 Å². The molecule has 1 aliphatic heterocycles. The molecule has 0 radical (unpaired) electrons. The fourth-order valence-corrected chi connectivity index (χ4v) is 3.70. The molecule has 1 fully saturated rings. The summed E-state index contributed by atoms with van der Waals surface area (Å²) in [5.74, 6) is 1.71. The lowest BCUT2D eigenvalue weighted by Gasteiger charge is -2.38. The summed E-state index contributed by atoms with van der Waals surface area (Å²) in [5.41, 5.74) is 7.47. The molecule has 0 aliphatic carbocycles. The summed E-state index contributed by atoms with van der Waals surface area (Å²) in [6, 6.07) is 2.16. The first-order valence-electron chi connectivity index (χ1n) is 7.59. The van der Waals surface area contributed by atoms with E-state index in [2.05, 4.69) is 40.4 Å². The summed E-state index contributed by atoms with van der Waals surface area (Å²) < 4.78 is 0. The Labute approximate surface area is 129 Å². The largest absolute Gasteiger partial charge is 0.339 e. The third kappa shape index (κ3) is 2.82. The van der Waals surface area contributed by atoms with Crippen molar-refractivity contribution in [2.75, 3.05) is 24.5 Å². The number of hydrogen-bond donors (Lipinski definition) is 2. The Kier molecular flexibility index (Phi) is 3.99. The molecule has 2 aromatic rings. The molecule has 0 atom stereocenters. The Hall–Kier alpha value is -1.40. The first-order chi connectivity index (χ1) is 10.1. The van der Waals surface area contributed by atoms with Gasteiger partial charge in [0.2, 0.25) is 5.95 Å². The molecular weight excluding hydrogens is 282 g/mol. The van der Waals surface area contributed by atoms with Crippen LogP contribution in [-0.4, -0.2) is 34.8 Å². The summed E-state index contributed by atoms with van der Waals surface area (Å²) >= 11 is 1.72. The number of nitrogens with two attached hydrogens (primary N) is 1. The van der Waals surface area contributed by atoms with Crippen molar-refractivity contribution in [3.8, 4) is 10.7 Å². The van der Waals surface area contributed by atoms with Crippen molar-refractivity contribution in [2.45, 2.75) is 33.1 Å². The molecule has 0 amide bonds. The van der Waals surface area contributed by atoms with E-state index >= 15 is 0 Å². The van der Waals surface area contributed by atoms with E-state index in [9.17, 15) is 0 Å². The highest BCUT2D eigenvalue weighted by atomic mass is 32.1. The molecule has 6 heteroatoms. The van der Waals surface area contributed by atoms with Crippen molar-refractivity contribution < 1.29 is 0 Å². The molecule has 2 aromatic heterocycles. The molecule has 1 saturated heterocycles. The van der Waals surface area contributed by atoms with Crippen LogP contribution in [0.15, 0.2) is 11.4 Å². The molecule has 21 heavy (non-hydrogen) atoms. The van der Waals surface area contributed by atoms with Crippen LogP contribution < -0.4 is 10.6 Å². The molecule has 0 aromatic carbocycles. The molecule has 0 unspecified atom stereocenters. The zero-order chi connectivity index (χ0) is 14.9. The maximum atomic E-state index is 5.87. The van der Waals surface area contributed by atoms with Crippen LogP contribution in [0.4, 0.5) is 5.95 Å². The predicted molar refractivity (Wildman–Crippen MR) is 87.7 cm³/mol. The van der Waals surface area contributed by atoms with Gasteiger partial charge in [-0.3, -0.25) is 5.10 Å². The smallest absolute Gasteiger partial charge is 0.245 e. The van der Waals surface area contributed by atoms with E-state index in [1.807, 2.05) is 0 Å². The van der Waals surface area contributed by atoms with Gasteiger partial charge in [-0.05, 0) is 48.2 Å². The van der Waals surface area contributed by atoms with Crippen molar-refractivity contribution in [1.82, 2.24) is 15.2 Å². The predicted octanol–water partition coefficient (Wildman–Crippen LogP) is 2.66. The van der Waals surface area contributed by atoms with Crippen molar-refractivity contribution in [1.29, 1.82) is 0 Å². The number of hydrogen-bond acceptors (Lipinski definition) is 5. The van der Waals surface area contributed by atoms with Gasteiger partial charge < -0.3 is 10.6 Å². The standard InChI is InChI=1S/C15H23N5S/c1-3-11-4-9-21-12(11)13-17-14(19-18-13)20-7-5-15(2,10-16)6-8-20/h4,9H,3,5-8,10,16H2,1-2H3,(H,17,18,19). The number of anilines is 1. The highest BCUT2D eigenvalue weighted by Crippen LogP contribution is 2.32. The van der Waals surface area contributed by atoms with E-state index in [0.717, 1.165) is 50.7 Å². The van der Waals surface area contributed by atoms with Crippen LogP contribution in [0, 0.1) is 5.41 Å². The van der Waals surface area contributed by atoms with Gasteiger partial charge in [0.1, 0.15) is 0 Å². The van der Waals surface area contributed by atoms with Crippen LogP contribution in [-0.2, 0) is 6.42 Å². The first-order valence-corrected chi connectivity index (χ1v) is 8.47. The normalized spacial score (nSPS) is 18.1. The lowest BCUT2D eigenvalue weighted by Crippen LogP contribution is -2.42. The van der Waals surface area contributed by atoms with Crippen molar-refractivity contribution in [3.63, 3.8) is 0 Å². The molecule has 0 bridgehead atoms. The summed E-state index contributed by atoms with van der Waals surface area (Å²) in [6.07, 6.45) is 3.23. The van der Waals surface area contributed by atoms with E-state index in [-0.39, 0.29) is 5.41 Å². The third-order valence-corrected chi connectivity index (χ3v) is 5.53. The molecule has 0 saturated carbocycles. The van der Waals surface area contributed by atoms with Crippen molar-refractivity contribution >= 4 is 17.3 Å². The van der Waals surface area contributed by atoms with E-state index in [1.54, 1.807) is 11.3 Å². The SMILES string of the molecule is CCc1ccsc1-c1nc(N2CCC(C)(CN)CC2)n[nH]1. The van der Waals surface area contributed by atoms with Gasteiger partial charge in [-0.25, -0.2) is 0 Å². The highest BCUT2D eigenvalue weighted by molar-refractivity contribution is 7.13. The summed E-state index contributed by atoms with van der Waals surface area (Å²) in [4.78, 5) is 8.17. The van der Waals surface area contributed by atoms with E-state index < -0.39 is 0 Å². The molecule has 0 spiro atoms. The fraction of sp³-hybridized carbons (Fsp3) is 0.600. The second kappa shape index (κ2) is 5.77. The minimum atomic E-state index is 0.277. The number of nitrogens with one attached hydrogen (secondary N) is 1. The minimum Gasteiger partial charge on any atom is -0.339 e. The summed E-state index contributed by atoms with van der Waals surface area (Å²) in [7, 11) is 0. The van der Waals surface area contributed by atoms with Crippen LogP contribution in [0.25, 0.3) is 10.7 Å². The number of aromatic nitrogens is 3. The molecule has 5 nitrogen and oxygen atoms in total. The molecule has 3 heterocycles. The monoisotopic (exact) mass is 305 g/mol. The molecule has 1 aliphatic rings. The third-order valence-electron chi connectivity index (χ3n) is 4.56. The Balaban J connectivity index is 1.74. The van der Waals surface area contributed by atoms with E-state index in [1.165, 1.54) is 10.4 Å². The van der Waals surface area contributed by atoms with Gasteiger partial charge in [0.25, 0.3) is 0 Å². The van der Waals surface area contributed by atoms with E-state index in [4.69, 9.17) is 10.7 Å². The molecule has 3 N–H and O–H groups in total. The number of piperidine rings is 1. The second-order valence-electron chi connectivity index (χ2n) is 6.11. The Morgan fingerprint density at radius 1 is 1.43 bits per heavy atom. The topological polar surface area (TPSA) is 70.8 Å². The maximum Gasteiger partial charge on any atom is 0.245 e. The Morgan fingerprint density at radius 3 is 2.86 bits per heavy atom. The van der Waals surface area contributed by atoms with Crippen LogP contribution in [0.3, 0.4) is 0 Å². The number of nitrogens with zero attached hydrogens (tertiary/aromatic N) is 3. The van der Waals surface area contributed by atoms with Gasteiger partial charge in [-0.15, -0.1) is 16.4 Å². The van der Waals surface area contributed by atoms with E-state index in [0.29, 0.717) is 0 Å². The number of rotatable bonds is 4. The fourth-order valence-electron chi connectivity index (χ4n) is 2.77. The van der Waals surface area contributed by atoms with Gasteiger partial charge in [-0.1, -0.05) is 13.8 Å². The minimum absolute atomic E-state index is 0.277. The second-order valence-corrected chi connectivity index (χ2v) is 7.03. The first kappa shape index (κ1) is 14.5. The van der Waals surface area contributed by atoms with Crippen LogP contribution in [0.1, 0.15) is 32.3 Å². The zero-order valence-corrected chi connectivity index (χ0v) is 13.5. The highest BCUT2D eigenvalue weighted by Gasteiger charge is 2.30. The number of H-pyrrole nitrogens is 1. The zero-order valence-electron chi connectivity index (χ0n) is 12.7. The van der Waals surface area contributed by atoms with Gasteiger partial charge in [-0.2, -0.15) is 4.98 Å². The lowest BCUT2D eigenvalue weighted by molar-refractivity contribution is 0.257. The molecule has 3 rings (SSSR count). The summed E-state index contributed by atoms with van der Waals surface area (Å²) in [5, 5.41) is 9.62. The Bertz CT molecular complexity index is 595. The number of thiophene rings is 1. The quantitative estimate of drug-likeness (QED) is 0.911. The number of aromatic amines is 1. The van der Waals surface area contributed by atoms with Crippen molar-refractivity contribution in [3.05, 3.63) is 17.0 Å². The van der Waals surface area contributed by atoms with Crippen LogP contribution in [0.5, 0.6) is 0 Å². The van der Waals surface area contributed by atoms with Gasteiger partial charge in [0.05, 0.1) is 4.88 Å². The van der Waals surface area contributed by atoms with Gasteiger partial charge >= 0.3 is 0 Å². The van der Waals surface area contributed by atoms with Crippen LogP contribution >= 0.6 is 11.3 Å². The lowest BCUT2D eigenvalue weighted by atomic mass is 9.81. The average molecular weight is 305 g/mol. The maximum absolute atomic E-state index is 5.87. The summed E-state index contributed by atoms with van der Waals surface area (Å²) in [6.45, 7) is 7.16.